The summed E-state index contributed by atoms with van der Waals surface area (Å²) in [6, 6.07) is 7.31. The maximum atomic E-state index is 12.4. The van der Waals surface area contributed by atoms with Gasteiger partial charge in [-0.3, -0.25) is 4.90 Å². The lowest BCUT2D eigenvalue weighted by Gasteiger charge is -2.48. The third-order valence-corrected chi connectivity index (χ3v) is 5.74. The normalized spacial score (nSPS) is 20.7. The van der Waals surface area contributed by atoms with Crippen LogP contribution < -0.4 is 15.4 Å². The van der Waals surface area contributed by atoms with Gasteiger partial charge in [0.1, 0.15) is 5.75 Å². The van der Waals surface area contributed by atoms with Crippen LogP contribution >= 0.6 is 0 Å². The van der Waals surface area contributed by atoms with Gasteiger partial charge in [0.25, 0.3) is 0 Å². The number of benzene rings is 1. The third kappa shape index (κ3) is 4.66. The monoisotopic (exact) mass is 345 g/mol. The Morgan fingerprint density at radius 1 is 1.04 bits per heavy atom. The number of nitrogens with zero attached hydrogens (tertiary/aromatic N) is 1. The molecule has 3 rings (SSSR count). The number of carbonyl (C=O) groups is 1. The van der Waals surface area contributed by atoms with Crippen molar-refractivity contribution in [1.29, 1.82) is 0 Å². The quantitative estimate of drug-likeness (QED) is 0.848. The first kappa shape index (κ1) is 18.1. The van der Waals surface area contributed by atoms with Gasteiger partial charge in [-0.05, 0) is 63.0 Å². The van der Waals surface area contributed by atoms with E-state index in [1.165, 1.54) is 64.5 Å². The second-order valence-electron chi connectivity index (χ2n) is 7.37. The summed E-state index contributed by atoms with van der Waals surface area (Å²) in [6.45, 7) is 3.11. The van der Waals surface area contributed by atoms with Crippen LogP contribution in [0.5, 0.6) is 5.75 Å². The van der Waals surface area contributed by atoms with E-state index in [2.05, 4.69) is 15.5 Å². The van der Waals surface area contributed by atoms with Gasteiger partial charge in [-0.25, -0.2) is 4.79 Å². The van der Waals surface area contributed by atoms with Crippen molar-refractivity contribution in [2.45, 2.75) is 56.9 Å². The molecule has 1 saturated heterocycles. The van der Waals surface area contributed by atoms with Crippen LogP contribution in [0.1, 0.15) is 51.4 Å². The van der Waals surface area contributed by atoms with Crippen molar-refractivity contribution in [2.75, 3.05) is 32.1 Å². The summed E-state index contributed by atoms with van der Waals surface area (Å²) in [5.41, 5.74) is 0.949. The Balaban J connectivity index is 1.57. The van der Waals surface area contributed by atoms with E-state index in [1.807, 2.05) is 24.3 Å². The summed E-state index contributed by atoms with van der Waals surface area (Å²) in [4.78, 5) is 15.0. The number of amides is 2. The second kappa shape index (κ2) is 8.56. The van der Waals surface area contributed by atoms with Crippen LogP contribution in [0, 0.1) is 0 Å². The molecule has 138 valence electrons. The van der Waals surface area contributed by atoms with Gasteiger partial charge in [-0.15, -0.1) is 0 Å². The van der Waals surface area contributed by atoms with Gasteiger partial charge in [-0.1, -0.05) is 25.7 Å². The number of likely N-dealkylation sites (tertiary alicyclic amines) is 1. The Labute approximate surface area is 151 Å². The van der Waals surface area contributed by atoms with E-state index in [9.17, 15) is 4.79 Å². The molecule has 5 nitrogen and oxygen atoms in total. The van der Waals surface area contributed by atoms with E-state index in [4.69, 9.17) is 4.74 Å². The second-order valence-corrected chi connectivity index (χ2v) is 7.37. The molecule has 1 heterocycles. The Kier molecular flexibility index (Phi) is 6.19. The van der Waals surface area contributed by atoms with Gasteiger partial charge >= 0.3 is 6.03 Å². The summed E-state index contributed by atoms with van der Waals surface area (Å²) in [7, 11) is 1.64. The highest BCUT2D eigenvalue weighted by Gasteiger charge is 2.38. The standard InChI is InChI=1S/C20H31N3O2/c1-25-18-10-8-17(9-11-18)22-19(24)21-16-20(12-4-2-5-13-20)23-14-6-3-7-15-23/h8-11H,2-7,12-16H2,1H3,(H2,21,22,24). The molecule has 1 saturated carbocycles. The zero-order valence-electron chi connectivity index (χ0n) is 15.4. The molecule has 2 fully saturated rings. The molecular formula is C20H31N3O2. The van der Waals surface area contributed by atoms with Crippen molar-refractivity contribution in [3.63, 3.8) is 0 Å². The van der Waals surface area contributed by atoms with Crippen molar-refractivity contribution < 1.29 is 9.53 Å². The fraction of sp³-hybridized carbons (Fsp3) is 0.650. The molecule has 1 aliphatic carbocycles. The molecule has 0 aromatic heterocycles. The third-order valence-electron chi connectivity index (χ3n) is 5.74. The number of nitrogens with one attached hydrogen (secondary N) is 2. The first-order valence-electron chi connectivity index (χ1n) is 9.66. The van der Waals surface area contributed by atoms with Gasteiger partial charge in [0.2, 0.25) is 0 Å². The number of hydrogen-bond donors (Lipinski definition) is 2. The van der Waals surface area contributed by atoms with Gasteiger partial charge in [0, 0.05) is 17.8 Å². The predicted molar refractivity (Wildman–Crippen MR) is 101 cm³/mol. The van der Waals surface area contributed by atoms with E-state index < -0.39 is 0 Å². The molecule has 25 heavy (non-hydrogen) atoms. The predicted octanol–water partition coefficient (Wildman–Crippen LogP) is 4.01. The highest BCUT2D eigenvalue weighted by atomic mass is 16.5. The Bertz CT molecular complexity index is 547. The maximum absolute atomic E-state index is 12.4. The number of urea groups is 1. The summed E-state index contributed by atoms with van der Waals surface area (Å²) >= 11 is 0. The lowest BCUT2D eigenvalue weighted by atomic mass is 9.79. The Hall–Kier alpha value is -1.75. The molecule has 1 aromatic rings. The van der Waals surface area contributed by atoms with Crippen LogP contribution in [0.25, 0.3) is 0 Å². The largest absolute Gasteiger partial charge is 0.497 e. The van der Waals surface area contributed by atoms with E-state index in [1.54, 1.807) is 7.11 Å². The van der Waals surface area contributed by atoms with Crippen molar-refractivity contribution in [3.05, 3.63) is 24.3 Å². The minimum Gasteiger partial charge on any atom is -0.497 e. The lowest BCUT2D eigenvalue weighted by molar-refractivity contribution is 0.0358. The zero-order valence-corrected chi connectivity index (χ0v) is 15.4. The van der Waals surface area contributed by atoms with Crippen LogP contribution in [-0.2, 0) is 0 Å². The van der Waals surface area contributed by atoms with E-state index in [-0.39, 0.29) is 11.6 Å². The van der Waals surface area contributed by atoms with Crippen LogP contribution in [0.3, 0.4) is 0 Å². The van der Waals surface area contributed by atoms with Gasteiger partial charge < -0.3 is 15.4 Å². The number of piperidine rings is 1. The van der Waals surface area contributed by atoms with Crippen molar-refractivity contribution in [2.24, 2.45) is 0 Å². The number of carbonyl (C=O) groups excluding carboxylic acids is 1. The number of hydrogen-bond acceptors (Lipinski definition) is 3. The van der Waals surface area contributed by atoms with Crippen LogP contribution in [0.2, 0.25) is 0 Å². The van der Waals surface area contributed by atoms with Gasteiger partial charge in [-0.2, -0.15) is 0 Å². The number of ether oxygens (including phenoxy) is 1. The molecule has 2 aliphatic rings. The number of anilines is 1. The van der Waals surface area contributed by atoms with Crippen LogP contribution in [-0.4, -0.2) is 43.2 Å². The summed E-state index contributed by atoms with van der Waals surface area (Å²) in [5, 5.41) is 6.07. The average Bonchev–Trinajstić information content (AvgIpc) is 2.68. The zero-order chi connectivity index (χ0) is 17.5. The van der Waals surface area contributed by atoms with Crippen LogP contribution in [0.4, 0.5) is 10.5 Å². The molecule has 0 spiro atoms. The minimum absolute atomic E-state index is 0.118. The van der Waals surface area contributed by atoms with Crippen molar-refractivity contribution >= 4 is 11.7 Å². The molecule has 0 bridgehead atoms. The Morgan fingerprint density at radius 3 is 2.32 bits per heavy atom. The van der Waals surface area contributed by atoms with E-state index in [0.717, 1.165) is 18.0 Å². The Morgan fingerprint density at radius 2 is 1.68 bits per heavy atom. The molecule has 1 aromatic carbocycles. The van der Waals surface area contributed by atoms with Gasteiger partial charge in [0.05, 0.1) is 7.11 Å². The van der Waals surface area contributed by atoms with Gasteiger partial charge in [0.15, 0.2) is 0 Å². The summed E-state index contributed by atoms with van der Waals surface area (Å²) < 4.78 is 5.15. The van der Waals surface area contributed by atoms with Crippen LogP contribution in [0.15, 0.2) is 24.3 Å². The molecule has 2 amide bonds. The van der Waals surface area contributed by atoms with Crippen molar-refractivity contribution in [1.82, 2.24) is 10.2 Å². The molecule has 5 heteroatoms. The highest BCUT2D eigenvalue weighted by molar-refractivity contribution is 5.89. The topological polar surface area (TPSA) is 53.6 Å². The maximum Gasteiger partial charge on any atom is 0.319 e. The SMILES string of the molecule is COc1ccc(NC(=O)NCC2(N3CCCCC3)CCCCC2)cc1. The van der Waals surface area contributed by atoms with Crippen molar-refractivity contribution in [3.8, 4) is 5.75 Å². The fourth-order valence-electron chi connectivity index (χ4n) is 4.28. The first-order valence-corrected chi connectivity index (χ1v) is 9.66. The smallest absolute Gasteiger partial charge is 0.319 e. The van der Waals surface area contributed by atoms with E-state index in [0.29, 0.717) is 0 Å². The number of methoxy groups -OCH3 is 1. The average molecular weight is 345 g/mol. The summed E-state index contributed by atoms with van der Waals surface area (Å²) in [6.07, 6.45) is 10.2. The highest BCUT2D eigenvalue weighted by Crippen LogP contribution is 2.35. The minimum atomic E-state index is -0.118. The first-order chi connectivity index (χ1) is 12.2. The fourth-order valence-corrected chi connectivity index (χ4v) is 4.28. The molecule has 0 radical (unpaired) electrons. The lowest BCUT2D eigenvalue weighted by Crippen LogP contribution is -2.58. The summed E-state index contributed by atoms with van der Waals surface area (Å²) in [5.74, 6) is 0.789. The molecule has 0 atom stereocenters. The van der Waals surface area contributed by atoms with E-state index >= 15 is 0 Å². The number of rotatable bonds is 5. The molecule has 2 N–H and O–H groups in total. The molecule has 0 unspecified atom stereocenters. The molecular weight excluding hydrogens is 314 g/mol. The molecule has 1 aliphatic heterocycles.